The lowest BCUT2D eigenvalue weighted by Crippen LogP contribution is -2.42. The summed E-state index contributed by atoms with van der Waals surface area (Å²) in [5.41, 5.74) is 0.182. The number of aliphatic carboxylic acids is 3. The smallest absolute Gasteiger partial charge is 0.336 e. The molecule has 1 saturated heterocycles. The molecule has 0 amide bonds. The third-order valence-electron chi connectivity index (χ3n) is 9.06. The van der Waals surface area contributed by atoms with Crippen molar-refractivity contribution in [3.63, 3.8) is 0 Å². The predicted octanol–water partition coefficient (Wildman–Crippen LogP) is 4.39. The maximum atomic E-state index is 12.4. The van der Waals surface area contributed by atoms with E-state index in [9.17, 15) is 19.2 Å². The number of anilines is 1. The second-order valence-corrected chi connectivity index (χ2v) is 13.6. The quantitative estimate of drug-likeness (QED) is 0.0749. The summed E-state index contributed by atoms with van der Waals surface area (Å²) in [6.07, 6.45) is 2.82. The standard InChI is InChI=1S/C33H41N5O3.C6H8O7/c1-4-40-32(39)33(2,3)28-24-38-30(35-28)17-16-29(36-38)34-20-11-21-37-22-18-27(19-23-37)41-31(25-12-7-5-8-13-25)26-14-9-6-10-15-26;7-3(8)1-6(13,5(11)12)2-4(9)10/h5-10,12-17,24,27,31H,4,11,18-23H2,1-3H3,(H,34,36);13H,1-2H2,(H,7,8)(H,9,10)(H,11,12). The minimum absolute atomic E-state index is 0.0363. The number of likely N-dealkylation sites (tertiary alicyclic amines) is 1. The number of hydrogen-bond donors (Lipinski definition) is 5. The zero-order valence-corrected chi connectivity index (χ0v) is 30.8. The molecular weight excluding hydrogens is 698 g/mol. The van der Waals surface area contributed by atoms with E-state index in [2.05, 4.69) is 81.0 Å². The molecule has 15 heteroatoms. The van der Waals surface area contributed by atoms with Crippen LogP contribution in [0.3, 0.4) is 0 Å². The van der Waals surface area contributed by atoms with Crippen molar-refractivity contribution in [1.29, 1.82) is 0 Å². The van der Waals surface area contributed by atoms with Crippen molar-refractivity contribution in [2.75, 3.05) is 38.1 Å². The molecular formula is C39H49N5O10. The summed E-state index contributed by atoms with van der Waals surface area (Å²) in [6, 6.07) is 24.9. The predicted molar refractivity (Wildman–Crippen MR) is 198 cm³/mol. The lowest BCUT2D eigenvalue weighted by molar-refractivity contribution is -0.170. The molecule has 0 bridgehead atoms. The van der Waals surface area contributed by atoms with Gasteiger partial charge in [0.25, 0.3) is 0 Å². The number of fused-ring (bicyclic) bond motifs is 1. The van der Waals surface area contributed by atoms with Crippen LogP contribution in [0.25, 0.3) is 5.65 Å². The average molecular weight is 748 g/mol. The van der Waals surface area contributed by atoms with Gasteiger partial charge in [-0.1, -0.05) is 60.7 Å². The van der Waals surface area contributed by atoms with Gasteiger partial charge in [0.15, 0.2) is 11.2 Å². The number of carbonyl (C=O) groups excluding carboxylic acids is 1. The molecule has 1 fully saturated rings. The highest BCUT2D eigenvalue weighted by molar-refractivity contribution is 5.88. The summed E-state index contributed by atoms with van der Waals surface area (Å²) in [5, 5.41) is 41.9. The molecule has 0 unspecified atom stereocenters. The summed E-state index contributed by atoms with van der Waals surface area (Å²) in [7, 11) is 0. The molecule has 0 atom stereocenters. The lowest BCUT2D eigenvalue weighted by atomic mass is 9.90. The highest BCUT2D eigenvalue weighted by Crippen LogP contribution is 2.30. The number of ether oxygens (including phenoxy) is 2. The number of nitrogens with zero attached hydrogens (tertiary/aromatic N) is 4. The Labute approximate surface area is 313 Å². The van der Waals surface area contributed by atoms with Crippen LogP contribution in [0.2, 0.25) is 0 Å². The number of imidazole rings is 1. The number of nitrogens with one attached hydrogen (secondary N) is 1. The molecule has 5 rings (SSSR count). The van der Waals surface area contributed by atoms with Gasteiger partial charge in [-0.2, -0.15) is 0 Å². The van der Waals surface area contributed by atoms with E-state index in [-0.39, 0.29) is 18.2 Å². The first-order valence-corrected chi connectivity index (χ1v) is 17.9. The highest BCUT2D eigenvalue weighted by Gasteiger charge is 2.41. The molecule has 3 heterocycles. The minimum atomic E-state index is -2.74. The third kappa shape index (κ3) is 11.6. The summed E-state index contributed by atoms with van der Waals surface area (Å²) in [5.74, 6) is -4.52. The van der Waals surface area contributed by atoms with Crippen molar-refractivity contribution in [3.05, 3.63) is 95.8 Å². The average Bonchev–Trinajstić information content (AvgIpc) is 3.58. The van der Waals surface area contributed by atoms with Gasteiger partial charge in [-0.15, -0.1) is 5.10 Å². The van der Waals surface area contributed by atoms with Crippen LogP contribution in [0.1, 0.15) is 75.8 Å². The molecule has 0 radical (unpaired) electrons. The number of carbonyl (C=O) groups is 4. The van der Waals surface area contributed by atoms with Crippen molar-refractivity contribution < 1.29 is 49.1 Å². The Balaban J connectivity index is 0.000000428. The zero-order valence-electron chi connectivity index (χ0n) is 30.8. The van der Waals surface area contributed by atoms with E-state index in [1.807, 2.05) is 39.1 Å². The van der Waals surface area contributed by atoms with Crippen LogP contribution in [0.5, 0.6) is 0 Å². The minimum Gasteiger partial charge on any atom is -0.481 e. The van der Waals surface area contributed by atoms with Crippen LogP contribution in [0, 0.1) is 0 Å². The topological polar surface area (TPSA) is 213 Å². The summed E-state index contributed by atoms with van der Waals surface area (Å²) < 4.78 is 13.6. The fourth-order valence-corrected chi connectivity index (χ4v) is 5.99. The van der Waals surface area contributed by atoms with Gasteiger partial charge in [0.1, 0.15) is 17.3 Å². The van der Waals surface area contributed by atoms with E-state index in [1.54, 1.807) is 4.52 Å². The van der Waals surface area contributed by atoms with E-state index in [1.165, 1.54) is 11.1 Å². The fourth-order valence-electron chi connectivity index (χ4n) is 5.99. The number of aliphatic hydroxyl groups is 1. The third-order valence-corrected chi connectivity index (χ3v) is 9.06. The molecule has 0 aliphatic carbocycles. The van der Waals surface area contributed by atoms with Gasteiger partial charge in [0, 0.05) is 19.6 Å². The lowest BCUT2D eigenvalue weighted by Gasteiger charge is -2.34. The van der Waals surface area contributed by atoms with Crippen LogP contribution in [0.15, 0.2) is 79.0 Å². The molecule has 15 nitrogen and oxygen atoms in total. The molecule has 0 saturated carbocycles. The number of rotatable bonds is 17. The Morgan fingerprint density at radius 1 is 0.889 bits per heavy atom. The summed E-state index contributed by atoms with van der Waals surface area (Å²) >= 11 is 0. The number of carboxylic acids is 3. The number of esters is 1. The summed E-state index contributed by atoms with van der Waals surface area (Å²) in [6.45, 7) is 9.75. The maximum absolute atomic E-state index is 12.4. The number of hydrogen-bond acceptors (Lipinski definition) is 11. The Bertz CT molecular complexity index is 1790. The molecule has 2 aromatic heterocycles. The van der Waals surface area contributed by atoms with E-state index >= 15 is 0 Å². The molecule has 4 aromatic rings. The molecule has 1 aliphatic rings. The molecule has 5 N–H and O–H groups in total. The maximum Gasteiger partial charge on any atom is 0.336 e. The fraction of sp³-hybridized carbons (Fsp3) is 0.436. The van der Waals surface area contributed by atoms with Gasteiger partial charge in [-0.25, -0.2) is 14.3 Å². The van der Waals surface area contributed by atoms with Crippen molar-refractivity contribution in [2.45, 2.75) is 76.1 Å². The van der Waals surface area contributed by atoms with Gasteiger partial charge in [-0.05, 0) is 69.8 Å². The first kappa shape index (κ1) is 41.4. The number of aromatic nitrogens is 3. The molecule has 54 heavy (non-hydrogen) atoms. The molecule has 290 valence electrons. The largest absolute Gasteiger partial charge is 0.481 e. The van der Waals surface area contributed by atoms with Crippen molar-refractivity contribution in [1.82, 2.24) is 19.5 Å². The van der Waals surface area contributed by atoms with Crippen molar-refractivity contribution in [2.24, 2.45) is 0 Å². The molecule has 1 aliphatic heterocycles. The van der Waals surface area contributed by atoms with Crippen LogP contribution >= 0.6 is 0 Å². The van der Waals surface area contributed by atoms with Gasteiger partial charge >= 0.3 is 23.9 Å². The van der Waals surface area contributed by atoms with Gasteiger partial charge < -0.3 is 40.1 Å². The van der Waals surface area contributed by atoms with Crippen LogP contribution in [-0.2, 0) is 34.1 Å². The highest BCUT2D eigenvalue weighted by atomic mass is 16.5. The van der Waals surface area contributed by atoms with Crippen LogP contribution < -0.4 is 5.32 Å². The Morgan fingerprint density at radius 3 is 1.98 bits per heavy atom. The second-order valence-electron chi connectivity index (χ2n) is 13.6. The number of benzene rings is 2. The van der Waals surface area contributed by atoms with E-state index < -0.39 is 41.8 Å². The van der Waals surface area contributed by atoms with Crippen molar-refractivity contribution in [3.8, 4) is 0 Å². The Morgan fingerprint density at radius 2 is 1.46 bits per heavy atom. The zero-order chi connectivity index (χ0) is 39.3. The normalized spacial score (nSPS) is 13.9. The van der Waals surface area contributed by atoms with Gasteiger partial charge in [0.05, 0.1) is 37.4 Å². The van der Waals surface area contributed by atoms with E-state index in [0.29, 0.717) is 17.9 Å². The SMILES string of the molecule is CCOC(=O)C(C)(C)c1cn2nc(NCCCN3CCC(OC(c4ccccc4)c4ccccc4)CC3)ccc2n1.O=C(O)CC(O)(CC(=O)O)C(=O)O. The summed E-state index contributed by atoms with van der Waals surface area (Å²) in [4.78, 5) is 50.0. The number of piperidine rings is 1. The molecule has 2 aromatic carbocycles. The van der Waals surface area contributed by atoms with Gasteiger partial charge in [-0.3, -0.25) is 14.4 Å². The number of carboxylic acid groups (broad SMARTS) is 3. The van der Waals surface area contributed by atoms with E-state index in [0.717, 1.165) is 51.3 Å². The first-order chi connectivity index (χ1) is 25.7. The van der Waals surface area contributed by atoms with Crippen molar-refractivity contribution >= 4 is 35.3 Å². The Hall–Kier alpha value is -5.38. The second kappa shape index (κ2) is 19.1. The Kier molecular flexibility index (Phi) is 14.6. The van der Waals surface area contributed by atoms with Gasteiger partial charge in [0.2, 0.25) is 0 Å². The van der Waals surface area contributed by atoms with Crippen LogP contribution in [-0.4, -0.2) is 108 Å². The van der Waals surface area contributed by atoms with Crippen LogP contribution in [0.4, 0.5) is 5.82 Å². The molecule has 0 spiro atoms. The first-order valence-electron chi connectivity index (χ1n) is 17.9. The van der Waals surface area contributed by atoms with E-state index in [4.69, 9.17) is 29.9 Å². The monoisotopic (exact) mass is 747 g/mol.